The lowest BCUT2D eigenvalue weighted by molar-refractivity contribution is 0.102. The van der Waals surface area contributed by atoms with Gasteiger partial charge in [0.25, 0.3) is 5.91 Å². The summed E-state index contributed by atoms with van der Waals surface area (Å²) in [5, 5.41) is 2.74. The zero-order valence-electron chi connectivity index (χ0n) is 12.1. The second-order valence-corrected chi connectivity index (χ2v) is 4.74. The molecule has 0 spiro atoms. The van der Waals surface area contributed by atoms with Crippen LogP contribution >= 0.6 is 0 Å². The first-order chi connectivity index (χ1) is 11.2. The molecule has 0 aliphatic carbocycles. The van der Waals surface area contributed by atoms with Gasteiger partial charge in [0, 0.05) is 36.0 Å². The molecule has 1 amide bonds. The first kappa shape index (κ1) is 14.5. The van der Waals surface area contributed by atoms with Crippen LogP contribution in [-0.2, 0) is 0 Å². The van der Waals surface area contributed by atoms with Crippen LogP contribution in [0.15, 0.2) is 67.1 Å². The summed E-state index contributed by atoms with van der Waals surface area (Å²) in [4.78, 5) is 20.2. The maximum atomic E-state index is 12.2. The number of nitrogens with one attached hydrogen (secondary N) is 1. The highest BCUT2D eigenvalue weighted by Crippen LogP contribution is 2.22. The molecule has 0 unspecified atom stereocenters. The second kappa shape index (κ2) is 6.57. The molecule has 0 saturated carbocycles. The molecule has 0 bridgehead atoms. The maximum Gasteiger partial charge on any atom is 0.274 e. The Morgan fingerprint density at radius 1 is 0.957 bits per heavy atom. The van der Waals surface area contributed by atoms with Crippen molar-refractivity contribution in [2.45, 2.75) is 0 Å². The SMILES string of the molecule is Nc1ccc(Oc2ccnc(C(=O)Nc3ccncc3)c2)cc1. The number of amides is 1. The van der Waals surface area contributed by atoms with E-state index in [1.165, 1.54) is 6.20 Å². The molecular formula is C17H14N4O2. The summed E-state index contributed by atoms with van der Waals surface area (Å²) in [5.74, 6) is 0.828. The minimum atomic E-state index is -0.320. The van der Waals surface area contributed by atoms with E-state index in [0.29, 0.717) is 22.9 Å². The van der Waals surface area contributed by atoms with Gasteiger partial charge in [-0.3, -0.25) is 14.8 Å². The van der Waals surface area contributed by atoms with Crippen LogP contribution in [-0.4, -0.2) is 15.9 Å². The fourth-order valence-corrected chi connectivity index (χ4v) is 1.90. The van der Waals surface area contributed by atoms with Crippen molar-refractivity contribution in [3.05, 3.63) is 72.8 Å². The number of hydrogen-bond acceptors (Lipinski definition) is 5. The molecule has 2 heterocycles. The molecule has 1 aromatic carbocycles. The third kappa shape index (κ3) is 3.82. The average molecular weight is 306 g/mol. The van der Waals surface area contributed by atoms with Gasteiger partial charge < -0.3 is 15.8 Å². The van der Waals surface area contributed by atoms with Gasteiger partial charge in [0.1, 0.15) is 17.2 Å². The molecule has 0 fully saturated rings. The van der Waals surface area contributed by atoms with E-state index in [4.69, 9.17) is 10.5 Å². The number of carbonyl (C=O) groups excluding carboxylic acids is 1. The molecule has 0 aliphatic heterocycles. The topological polar surface area (TPSA) is 90.1 Å². The van der Waals surface area contributed by atoms with Crippen LogP contribution in [0.25, 0.3) is 0 Å². The smallest absolute Gasteiger partial charge is 0.274 e. The van der Waals surface area contributed by atoms with Gasteiger partial charge >= 0.3 is 0 Å². The van der Waals surface area contributed by atoms with Crippen LogP contribution in [0.1, 0.15) is 10.5 Å². The fraction of sp³-hybridized carbons (Fsp3) is 0. The van der Waals surface area contributed by atoms with Gasteiger partial charge in [-0.1, -0.05) is 0 Å². The number of hydrogen-bond donors (Lipinski definition) is 2. The number of rotatable bonds is 4. The van der Waals surface area contributed by atoms with Crippen molar-refractivity contribution in [1.82, 2.24) is 9.97 Å². The lowest BCUT2D eigenvalue weighted by atomic mass is 10.3. The van der Waals surface area contributed by atoms with Crippen LogP contribution in [0, 0.1) is 0 Å². The van der Waals surface area contributed by atoms with Gasteiger partial charge in [-0.05, 0) is 42.5 Å². The summed E-state index contributed by atoms with van der Waals surface area (Å²) in [6, 6.07) is 13.7. The maximum absolute atomic E-state index is 12.2. The molecule has 6 nitrogen and oxygen atoms in total. The Kier molecular flexibility index (Phi) is 4.15. The summed E-state index contributed by atoms with van der Waals surface area (Å²) in [7, 11) is 0. The summed E-state index contributed by atoms with van der Waals surface area (Å²) in [6.45, 7) is 0. The third-order valence-corrected chi connectivity index (χ3v) is 3.02. The molecule has 6 heteroatoms. The number of nitrogens with two attached hydrogens (primary N) is 1. The van der Waals surface area contributed by atoms with E-state index in [-0.39, 0.29) is 11.6 Å². The van der Waals surface area contributed by atoms with Crippen molar-refractivity contribution in [3.63, 3.8) is 0 Å². The van der Waals surface area contributed by atoms with Crippen molar-refractivity contribution in [2.24, 2.45) is 0 Å². The summed E-state index contributed by atoms with van der Waals surface area (Å²) < 4.78 is 5.69. The first-order valence-electron chi connectivity index (χ1n) is 6.91. The lowest BCUT2D eigenvalue weighted by Gasteiger charge is -2.08. The molecule has 2 aromatic heterocycles. The van der Waals surface area contributed by atoms with Gasteiger partial charge in [0.2, 0.25) is 0 Å². The second-order valence-electron chi connectivity index (χ2n) is 4.74. The van der Waals surface area contributed by atoms with E-state index in [2.05, 4.69) is 15.3 Å². The number of nitrogens with zero attached hydrogens (tertiary/aromatic N) is 2. The molecular weight excluding hydrogens is 292 g/mol. The highest BCUT2D eigenvalue weighted by atomic mass is 16.5. The number of nitrogen functional groups attached to an aromatic ring is 1. The number of ether oxygens (including phenoxy) is 1. The molecule has 0 atom stereocenters. The van der Waals surface area contributed by atoms with E-state index in [1.807, 2.05) is 0 Å². The molecule has 3 rings (SSSR count). The number of carbonyl (C=O) groups is 1. The normalized spacial score (nSPS) is 10.1. The Hall–Kier alpha value is -3.41. The first-order valence-corrected chi connectivity index (χ1v) is 6.91. The van der Waals surface area contributed by atoms with E-state index < -0.39 is 0 Å². The highest BCUT2D eigenvalue weighted by Gasteiger charge is 2.09. The fourth-order valence-electron chi connectivity index (χ4n) is 1.90. The van der Waals surface area contributed by atoms with Gasteiger partial charge in [-0.25, -0.2) is 0 Å². The molecule has 0 saturated heterocycles. The van der Waals surface area contributed by atoms with Gasteiger partial charge in [-0.15, -0.1) is 0 Å². The van der Waals surface area contributed by atoms with E-state index in [0.717, 1.165) is 0 Å². The third-order valence-electron chi connectivity index (χ3n) is 3.02. The van der Waals surface area contributed by atoms with Gasteiger partial charge in [0.05, 0.1) is 0 Å². The largest absolute Gasteiger partial charge is 0.457 e. The predicted octanol–water partition coefficient (Wildman–Crippen LogP) is 3.10. The Balaban J connectivity index is 1.74. The Morgan fingerprint density at radius 3 is 2.43 bits per heavy atom. The van der Waals surface area contributed by atoms with Crippen molar-refractivity contribution in [3.8, 4) is 11.5 Å². The number of aromatic nitrogens is 2. The van der Waals surface area contributed by atoms with Gasteiger partial charge in [0.15, 0.2) is 0 Å². The summed E-state index contributed by atoms with van der Waals surface area (Å²) in [6.07, 6.45) is 4.72. The summed E-state index contributed by atoms with van der Waals surface area (Å²) >= 11 is 0. The number of anilines is 2. The minimum absolute atomic E-state index is 0.259. The minimum Gasteiger partial charge on any atom is -0.457 e. The molecule has 0 radical (unpaired) electrons. The number of pyridine rings is 2. The Bertz CT molecular complexity index is 804. The average Bonchev–Trinajstić information content (AvgIpc) is 2.58. The quantitative estimate of drug-likeness (QED) is 0.723. The van der Waals surface area contributed by atoms with E-state index in [9.17, 15) is 4.79 Å². The standard InChI is InChI=1S/C17H14N4O2/c18-12-1-3-14(4-2-12)23-15-7-10-20-16(11-15)17(22)21-13-5-8-19-9-6-13/h1-11H,18H2,(H,19,21,22). The molecule has 114 valence electrons. The van der Waals surface area contributed by atoms with Crippen LogP contribution in [0.4, 0.5) is 11.4 Å². The van der Waals surface area contributed by atoms with E-state index >= 15 is 0 Å². The summed E-state index contributed by atoms with van der Waals surface area (Å²) in [5.41, 5.74) is 7.20. The van der Waals surface area contributed by atoms with Crippen LogP contribution in [0.5, 0.6) is 11.5 Å². The van der Waals surface area contributed by atoms with Crippen molar-refractivity contribution in [1.29, 1.82) is 0 Å². The van der Waals surface area contributed by atoms with Crippen molar-refractivity contribution < 1.29 is 9.53 Å². The number of benzene rings is 1. The van der Waals surface area contributed by atoms with Crippen molar-refractivity contribution >= 4 is 17.3 Å². The monoisotopic (exact) mass is 306 g/mol. The lowest BCUT2D eigenvalue weighted by Crippen LogP contribution is -2.13. The highest BCUT2D eigenvalue weighted by molar-refractivity contribution is 6.03. The molecule has 0 aliphatic rings. The van der Waals surface area contributed by atoms with E-state index in [1.54, 1.807) is 60.9 Å². The molecule has 23 heavy (non-hydrogen) atoms. The predicted molar refractivity (Wildman–Crippen MR) is 87.4 cm³/mol. The Labute approximate surface area is 133 Å². The van der Waals surface area contributed by atoms with Gasteiger partial charge in [-0.2, -0.15) is 0 Å². The zero-order valence-corrected chi connectivity index (χ0v) is 12.1. The molecule has 3 aromatic rings. The van der Waals surface area contributed by atoms with Crippen LogP contribution in [0.3, 0.4) is 0 Å². The van der Waals surface area contributed by atoms with Crippen LogP contribution < -0.4 is 15.8 Å². The zero-order chi connectivity index (χ0) is 16.1. The molecule has 3 N–H and O–H groups in total. The van der Waals surface area contributed by atoms with Crippen LogP contribution in [0.2, 0.25) is 0 Å². The Morgan fingerprint density at radius 2 is 1.70 bits per heavy atom. The van der Waals surface area contributed by atoms with Crippen molar-refractivity contribution in [2.75, 3.05) is 11.1 Å².